The zero-order valence-corrected chi connectivity index (χ0v) is 37.9. The molecule has 0 aliphatic carbocycles. The van der Waals surface area contributed by atoms with Crippen molar-refractivity contribution in [1.29, 1.82) is 0 Å². The molecule has 8 N–H and O–H groups in total. The Kier molecular flexibility index (Phi) is 19.2. The molecule has 2 saturated heterocycles. The van der Waals surface area contributed by atoms with Crippen molar-refractivity contribution in [1.82, 2.24) is 10.6 Å². The second-order valence-electron chi connectivity index (χ2n) is 13.4. The van der Waals surface area contributed by atoms with Gasteiger partial charge in [-0.15, -0.1) is 0 Å². The summed E-state index contributed by atoms with van der Waals surface area (Å²) in [7, 11) is -34.0. The normalized spacial score (nSPS) is 26.7. The van der Waals surface area contributed by atoms with Gasteiger partial charge < -0.3 is 29.6 Å². The third-order valence-corrected chi connectivity index (χ3v) is 11.2. The number of carbonyl (C=O) groups excluding carboxylic acids is 2. The molecule has 10 atom stereocenters. The van der Waals surface area contributed by atoms with Gasteiger partial charge in [0.1, 0.15) is 55.1 Å². The lowest BCUT2D eigenvalue weighted by Gasteiger charge is -2.44. The zero-order valence-electron chi connectivity index (χ0n) is 33.0. The Labute approximate surface area is 380 Å². The molecule has 2 heterocycles. The van der Waals surface area contributed by atoms with Crippen LogP contribution in [0, 0.1) is 0 Å². The first-order valence-corrected chi connectivity index (χ1v) is 26.0. The molecular weight excluding hydrogens is 1050 g/mol. The lowest BCUT2D eigenvalue weighted by molar-refractivity contribution is -0.264. The highest BCUT2D eigenvalue weighted by molar-refractivity contribution is 7.82. The molecule has 2 amide bonds. The van der Waals surface area contributed by atoms with E-state index in [0.717, 1.165) is 0 Å². The van der Waals surface area contributed by atoms with Crippen LogP contribution < -0.4 is 10.6 Å². The number of ether oxygens (including phenoxy) is 4. The molecule has 2 aliphatic rings. The third-order valence-electron chi connectivity index (χ3n) is 8.48. The summed E-state index contributed by atoms with van der Waals surface area (Å²) >= 11 is 0. The van der Waals surface area contributed by atoms with Crippen molar-refractivity contribution in [2.45, 2.75) is 80.9 Å². The highest BCUT2D eigenvalue weighted by Crippen LogP contribution is 2.32. The first kappa shape index (κ1) is 56.0. The molecule has 2 aliphatic heterocycles. The standard InChI is InChI=1S/C29H38N2O30S6/c32-20(30-22-26(60-66(46,47)48)24(58-64(40,41)42)18(14-54-62(34,35)36)56-28(22)52-12-16-7-3-1-4-8-16)11-21(33)31-23-27(61-67(49,50)51)25(59-65(43,44)45)19(15-55-63(37,38)39)57-29(23)53-13-17-9-5-2-6-10-17/h1-10,18-19,22-29H,11-15H2,(H,30,32)(H,31,33)(H,34,35,36)(H,37,38,39)(H,40,41,42)(H,43,44,45)(H,46,47,48)(H,49,50,51)/t18-,19-,22+,23+,24-,25-,26-,27-,28+,29+/m1/s1. The van der Waals surface area contributed by atoms with Gasteiger partial charge in [0.2, 0.25) is 11.8 Å². The predicted molar refractivity (Wildman–Crippen MR) is 209 cm³/mol. The summed E-state index contributed by atoms with van der Waals surface area (Å²) in [4.78, 5) is 27.3. The van der Waals surface area contributed by atoms with Gasteiger partial charge in [0.15, 0.2) is 12.6 Å². The maximum Gasteiger partial charge on any atom is 0.397 e. The second kappa shape index (κ2) is 22.9. The van der Waals surface area contributed by atoms with Crippen molar-refractivity contribution in [3.8, 4) is 0 Å². The largest absolute Gasteiger partial charge is 0.397 e. The van der Waals surface area contributed by atoms with E-state index in [1.807, 2.05) is 10.6 Å². The number of rotatable bonds is 24. The van der Waals surface area contributed by atoms with Gasteiger partial charge in [-0.05, 0) is 11.1 Å². The Morgan fingerprint density at radius 2 is 0.761 bits per heavy atom. The van der Waals surface area contributed by atoms with Crippen LogP contribution in [0.2, 0.25) is 0 Å². The Morgan fingerprint density at radius 3 is 1.04 bits per heavy atom. The zero-order chi connectivity index (χ0) is 50.2. The Balaban J connectivity index is 1.74. The minimum atomic E-state index is -5.82. The minimum Gasteiger partial charge on any atom is -0.346 e. The fourth-order valence-electron chi connectivity index (χ4n) is 6.12. The lowest BCUT2D eigenvalue weighted by atomic mass is 9.96. The maximum atomic E-state index is 13.7. The summed E-state index contributed by atoms with van der Waals surface area (Å²) in [6, 6.07) is 10.3. The summed E-state index contributed by atoms with van der Waals surface area (Å²) in [5.41, 5.74) is 0.627. The van der Waals surface area contributed by atoms with Crippen molar-refractivity contribution in [3.63, 3.8) is 0 Å². The molecule has 32 nitrogen and oxygen atoms in total. The third kappa shape index (κ3) is 20.1. The number of nitrogens with one attached hydrogen (secondary N) is 2. The van der Waals surface area contributed by atoms with E-state index in [2.05, 4.69) is 25.1 Å². The Hall–Kier alpha value is -3.56. The Morgan fingerprint density at radius 1 is 0.463 bits per heavy atom. The SMILES string of the molecule is O=C(CC(=O)N[C@@H]1[C@@H](OCc2ccccc2)O[C@H](COS(=O)(=O)O)[C@@H](OS(=O)(=O)O)[C@@H]1OS(=O)(=O)O)N[C@@H]1[C@@H](OCc2ccccc2)O[C@H](COS(=O)(=O)O)[C@@H](OS(=O)(=O)O)[C@@H]1OS(=O)(=O)O. The van der Waals surface area contributed by atoms with Gasteiger partial charge in [-0.25, -0.2) is 25.1 Å². The predicted octanol–water partition coefficient (Wildman–Crippen LogP) is -3.38. The molecule has 0 bridgehead atoms. The molecule has 0 unspecified atom stereocenters. The molecule has 2 fully saturated rings. The molecule has 0 spiro atoms. The van der Waals surface area contributed by atoms with Gasteiger partial charge in [0.25, 0.3) is 0 Å². The first-order chi connectivity index (χ1) is 30.7. The van der Waals surface area contributed by atoms with Gasteiger partial charge in [0.05, 0.1) is 26.4 Å². The van der Waals surface area contributed by atoms with Gasteiger partial charge >= 0.3 is 62.4 Å². The van der Waals surface area contributed by atoms with Crippen LogP contribution in [0.25, 0.3) is 0 Å². The number of amides is 2. The van der Waals surface area contributed by atoms with Gasteiger partial charge in [-0.3, -0.25) is 36.9 Å². The van der Waals surface area contributed by atoms with E-state index in [1.54, 1.807) is 12.1 Å². The molecule has 4 rings (SSSR count). The van der Waals surface area contributed by atoms with Crippen molar-refractivity contribution < 1.29 is 131 Å². The van der Waals surface area contributed by atoms with Crippen LogP contribution in [0.1, 0.15) is 17.5 Å². The van der Waals surface area contributed by atoms with E-state index in [4.69, 9.17) is 28.1 Å². The minimum absolute atomic E-state index is 0.313. The van der Waals surface area contributed by atoms with E-state index in [9.17, 15) is 78.3 Å². The summed E-state index contributed by atoms with van der Waals surface area (Å²) in [5, 5.41) is 3.92. The molecule has 380 valence electrons. The van der Waals surface area contributed by atoms with E-state index in [1.165, 1.54) is 48.5 Å². The molecule has 67 heavy (non-hydrogen) atoms. The summed E-state index contributed by atoms with van der Waals surface area (Å²) in [5.74, 6) is -3.23. The topological polar surface area (TPSA) is 477 Å². The average Bonchev–Trinajstić information content (AvgIpc) is 3.16. The molecule has 2 aromatic rings. The highest BCUT2D eigenvalue weighted by atomic mass is 32.3. The molecule has 0 radical (unpaired) electrons. The van der Waals surface area contributed by atoms with E-state index >= 15 is 0 Å². The highest BCUT2D eigenvalue weighted by Gasteiger charge is 2.54. The fourth-order valence-corrected chi connectivity index (χ4v) is 8.78. The van der Waals surface area contributed by atoms with E-state index < -0.39 is 168 Å². The van der Waals surface area contributed by atoms with Gasteiger partial charge in [-0.2, -0.15) is 50.5 Å². The Bertz CT molecular complexity index is 2510. The number of carbonyl (C=O) groups is 2. The molecule has 0 saturated carbocycles. The van der Waals surface area contributed by atoms with Gasteiger partial charge in [-0.1, -0.05) is 60.7 Å². The summed E-state index contributed by atoms with van der Waals surface area (Å²) in [6.45, 7) is -4.05. The molecule has 2 aromatic carbocycles. The van der Waals surface area contributed by atoms with Crippen molar-refractivity contribution in [2.24, 2.45) is 0 Å². The smallest absolute Gasteiger partial charge is 0.346 e. The van der Waals surface area contributed by atoms with Crippen LogP contribution in [-0.2, 0) is 129 Å². The monoisotopic (exact) mass is 1090 g/mol. The van der Waals surface area contributed by atoms with Gasteiger partial charge in [0, 0.05) is 0 Å². The number of benzene rings is 2. The summed E-state index contributed by atoms with van der Waals surface area (Å²) in [6.07, 6.45) is -21.2. The van der Waals surface area contributed by atoms with Crippen LogP contribution in [0.5, 0.6) is 0 Å². The van der Waals surface area contributed by atoms with Crippen LogP contribution >= 0.6 is 0 Å². The van der Waals surface area contributed by atoms with Crippen molar-refractivity contribution in [3.05, 3.63) is 71.8 Å². The van der Waals surface area contributed by atoms with Crippen LogP contribution in [-0.4, -0.2) is 164 Å². The van der Waals surface area contributed by atoms with Crippen molar-refractivity contribution >= 4 is 74.2 Å². The van der Waals surface area contributed by atoms with Crippen LogP contribution in [0.3, 0.4) is 0 Å². The quantitative estimate of drug-likeness (QED) is 0.0375. The number of hydrogen-bond donors (Lipinski definition) is 8. The average molecular weight is 1090 g/mol. The second-order valence-corrected chi connectivity index (χ2v) is 19.8. The van der Waals surface area contributed by atoms with E-state index in [0.29, 0.717) is 11.1 Å². The first-order valence-electron chi connectivity index (χ1n) is 17.8. The fraction of sp³-hybridized carbons (Fsp3) is 0.517. The summed E-state index contributed by atoms with van der Waals surface area (Å²) < 4.78 is 247. The van der Waals surface area contributed by atoms with E-state index in [-0.39, 0.29) is 0 Å². The molecule has 0 aromatic heterocycles. The number of hydrogen-bond acceptors (Lipinski definition) is 24. The van der Waals surface area contributed by atoms with Crippen molar-refractivity contribution in [2.75, 3.05) is 13.2 Å². The van der Waals surface area contributed by atoms with Crippen LogP contribution in [0.4, 0.5) is 0 Å². The lowest BCUT2D eigenvalue weighted by Crippen LogP contribution is -2.67. The van der Waals surface area contributed by atoms with Crippen LogP contribution in [0.15, 0.2) is 60.7 Å². The molecular formula is C29H38N2O30S6. The maximum absolute atomic E-state index is 13.7. The molecule has 38 heteroatoms.